The van der Waals surface area contributed by atoms with E-state index in [2.05, 4.69) is 9.73 Å². The molecule has 0 N–H and O–H groups in total. The van der Waals surface area contributed by atoms with E-state index < -0.39 is 11.3 Å². The van der Waals surface area contributed by atoms with Crippen molar-refractivity contribution in [3.8, 4) is 5.75 Å². The van der Waals surface area contributed by atoms with Gasteiger partial charge in [-0.25, -0.2) is 0 Å². The first-order valence-corrected chi connectivity index (χ1v) is 5.98. The maximum Gasteiger partial charge on any atom is 0.573 e. The Hall–Kier alpha value is -2.90. The van der Waals surface area contributed by atoms with Crippen LogP contribution >= 0.6 is 0 Å². The molecular formula is C14H9F3N2O3. The van der Waals surface area contributed by atoms with Crippen molar-refractivity contribution in [2.45, 2.75) is 6.36 Å². The van der Waals surface area contributed by atoms with Gasteiger partial charge in [0.05, 0.1) is 10.6 Å². The van der Waals surface area contributed by atoms with Gasteiger partial charge in [0.2, 0.25) is 0 Å². The van der Waals surface area contributed by atoms with Gasteiger partial charge in [-0.1, -0.05) is 0 Å². The highest BCUT2D eigenvalue weighted by Crippen LogP contribution is 2.24. The van der Waals surface area contributed by atoms with Gasteiger partial charge in [-0.15, -0.1) is 13.2 Å². The number of aliphatic imine (C=N–C) groups is 1. The van der Waals surface area contributed by atoms with Crippen LogP contribution in [0.4, 0.5) is 24.5 Å². The van der Waals surface area contributed by atoms with Crippen LogP contribution in [-0.2, 0) is 0 Å². The van der Waals surface area contributed by atoms with E-state index in [9.17, 15) is 23.3 Å². The molecule has 0 saturated heterocycles. The molecule has 5 nitrogen and oxygen atoms in total. The zero-order valence-electron chi connectivity index (χ0n) is 10.9. The largest absolute Gasteiger partial charge is 0.573 e. The number of hydrogen-bond donors (Lipinski definition) is 0. The Morgan fingerprint density at radius 1 is 1.05 bits per heavy atom. The molecular weight excluding hydrogens is 301 g/mol. The van der Waals surface area contributed by atoms with Crippen molar-refractivity contribution < 1.29 is 22.8 Å². The quantitative estimate of drug-likeness (QED) is 0.482. The second-order valence-corrected chi connectivity index (χ2v) is 4.15. The molecule has 114 valence electrons. The number of ether oxygens (including phenoxy) is 1. The van der Waals surface area contributed by atoms with E-state index in [0.717, 1.165) is 12.1 Å². The number of benzene rings is 2. The highest BCUT2D eigenvalue weighted by molar-refractivity contribution is 5.82. The van der Waals surface area contributed by atoms with Gasteiger partial charge >= 0.3 is 6.36 Å². The lowest BCUT2D eigenvalue weighted by atomic mass is 10.2. The van der Waals surface area contributed by atoms with Crippen LogP contribution in [-0.4, -0.2) is 17.5 Å². The van der Waals surface area contributed by atoms with Crippen molar-refractivity contribution in [1.29, 1.82) is 0 Å². The van der Waals surface area contributed by atoms with Crippen LogP contribution in [0.25, 0.3) is 0 Å². The Morgan fingerprint density at radius 2 is 1.64 bits per heavy atom. The number of nitro benzene ring substituents is 1. The molecule has 0 spiro atoms. The highest BCUT2D eigenvalue weighted by Gasteiger charge is 2.30. The zero-order chi connectivity index (χ0) is 16.2. The van der Waals surface area contributed by atoms with Crippen molar-refractivity contribution in [3.63, 3.8) is 0 Å². The van der Waals surface area contributed by atoms with Gasteiger partial charge < -0.3 is 4.74 Å². The van der Waals surface area contributed by atoms with Gasteiger partial charge in [0.15, 0.2) is 0 Å². The minimum absolute atomic E-state index is 0.0363. The maximum atomic E-state index is 12.0. The van der Waals surface area contributed by atoms with E-state index in [1.54, 1.807) is 0 Å². The second kappa shape index (κ2) is 6.25. The van der Waals surface area contributed by atoms with E-state index in [1.165, 1.54) is 42.6 Å². The normalized spacial score (nSPS) is 11.6. The SMILES string of the molecule is O=[N+]([O-])c1ccc(C=Nc2ccc(OC(F)(F)F)cc2)cc1. The Bertz CT molecular complexity index is 680. The van der Waals surface area contributed by atoms with Crippen molar-refractivity contribution in [2.24, 2.45) is 4.99 Å². The van der Waals surface area contributed by atoms with E-state index in [4.69, 9.17) is 0 Å². The van der Waals surface area contributed by atoms with Crippen LogP contribution in [0.5, 0.6) is 5.75 Å². The van der Waals surface area contributed by atoms with Crippen molar-refractivity contribution in [3.05, 3.63) is 64.2 Å². The third-order valence-electron chi connectivity index (χ3n) is 2.54. The Kier molecular flexibility index (Phi) is 4.40. The first kappa shape index (κ1) is 15.5. The fourth-order valence-electron chi connectivity index (χ4n) is 1.57. The highest BCUT2D eigenvalue weighted by atomic mass is 19.4. The van der Waals surface area contributed by atoms with Crippen LogP contribution in [0.15, 0.2) is 53.5 Å². The first-order chi connectivity index (χ1) is 10.3. The minimum Gasteiger partial charge on any atom is -0.406 e. The molecule has 0 aliphatic carbocycles. The summed E-state index contributed by atoms with van der Waals surface area (Å²) in [7, 11) is 0. The first-order valence-electron chi connectivity index (χ1n) is 5.98. The summed E-state index contributed by atoms with van der Waals surface area (Å²) in [5, 5.41) is 10.5. The Morgan fingerprint density at radius 3 is 2.14 bits per heavy atom. The summed E-state index contributed by atoms with van der Waals surface area (Å²) in [4.78, 5) is 14.0. The van der Waals surface area contributed by atoms with Crippen LogP contribution in [0.2, 0.25) is 0 Å². The predicted molar refractivity (Wildman–Crippen MR) is 73.5 cm³/mol. The van der Waals surface area contributed by atoms with Crippen LogP contribution in [0.1, 0.15) is 5.56 Å². The number of non-ortho nitro benzene ring substituents is 1. The van der Waals surface area contributed by atoms with Gasteiger partial charge in [0.25, 0.3) is 5.69 Å². The molecule has 0 bridgehead atoms. The van der Waals surface area contributed by atoms with Crippen LogP contribution < -0.4 is 4.74 Å². The lowest BCUT2D eigenvalue weighted by Gasteiger charge is -2.08. The fraction of sp³-hybridized carbons (Fsp3) is 0.0714. The molecule has 0 atom stereocenters. The summed E-state index contributed by atoms with van der Waals surface area (Å²) in [6.07, 6.45) is -3.28. The van der Waals surface area contributed by atoms with Crippen molar-refractivity contribution in [1.82, 2.24) is 0 Å². The number of halogens is 3. The average Bonchev–Trinajstić information content (AvgIpc) is 2.45. The van der Waals surface area contributed by atoms with Crippen LogP contribution in [0, 0.1) is 10.1 Å². The molecule has 0 aliphatic heterocycles. The number of hydrogen-bond acceptors (Lipinski definition) is 4. The van der Waals surface area contributed by atoms with E-state index >= 15 is 0 Å². The van der Waals surface area contributed by atoms with Crippen molar-refractivity contribution >= 4 is 17.6 Å². The van der Waals surface area contributed by atoms with Gasteiger partial charge in [-0.05, 0) is 42.0 Å². The van der Waals surface area contributed by atoms with Gasteiger partial charge in [0.1, 0.15) is 5.75 Å². The molecule has 0 unspecified atom stereocenters. The molecule has 0 fully saturated rings. The molecule has 0 saturated carbocycles. The zero-order valence-corrected chi connectivity index (χ0v) is 10.9. The van der Waals surface area contributed by atoms with Gasteiger partial charge in [-0.2, -0.15) is 0 Å². The summed E-state index contributed by atoms with van der Waals surface area (Å²) in [5.41, 5.74) is 1.01. The molecule has 2 aromatic rings. The molecule has 2 aromatic carbocycles. The molecule has 0 radical (unpaired) electrons. The number of nitro groups is 1. The van der Waals surface area contributed by atoms with Crippen molar-refractivity contribution in [2.75, 3.05) is 0 Å². The van der Waals surface area contributed by atoms with Gasteiger partial charge in [0, 0.05) is 18.3 Å². The summed E-state index contributed by atoms with van der Waals surface area (Å²) in [5.74, 6) is -0.332. The maximum absolute atomic E-state index is 12.0. The summed E-state index contributed by atoms with van der Waals surface area (Å²) in [6, 6.07) is 10.7. The summed E-state index contributed by atoms with van der Waals surface area (Å²) >= 11 is 0. The Labute approximate surface area is 122 Å². The monoisotopic (exact) mass is 310 g/mol. The van der Waals surface area contributed by atoms with E-state index in [-0.39, 0.29) is 11.4 Å². The topological polar surface area (TPSA) is 64.7 Å². The molecule has 0 aliphatic rings. The molecule has 8 heteroatoms. The fourth-order valence-corrected chi connectivity index (χ4v) is 1.57. The molecule has 22 heavy (non-hydrogen) atoms. The summed E-state index contributed by atoms with van der Waals surface area (Å²) in [6.45, 7) is 0. The molecule has 0 amide bonds. The average molecular weight is 310 g/mol. The minimum atomic E-state index is -4.73. The number of rotatable bonds is 4. The lowest BCUT2D eigenvalue weighted by Crippen LogP contribution is -2.16. The Balaban J connectivity index is 2.05. The third kappa shape index (κ3) is 4.58. The standard InChI is InChI=1S/C14H9F3N2O3/c15-14(16,17)22-13-7-3-11(4-8-13)18-9-10-1-5-12(6-2-10)19(20)21/h1-9H. The molecule has 0 heterocycles. The molecule has 0 aromatic heterocycles. The van der Waals surface area contributed by atoms with Gasteiger partial charge in [-0.3, -0.25) is 15.1 Å². The number of alkyl halides is 3. The number of nitrogens with zero attached hydrogens (tertiary/aromatic N) is 2. The lowest BCUT2D eigenvalue weighted by molar-refractivity contribution is -0.384. The second-order valence-electron chi connectivity index (χ2n) is 4.15. The van der Waals surface area contributed by atoms with E-state index in [1.807, 2.05) is 0 Å². The summed E-state index contributed by atoms with van der Waals surface area (Å²) < 4.78 is 39.7. The van der Waals surface area contributed by atoms with E-state index in [0.29, 0.717) is 11.3 Å². The predicted octanol–water partition coefficient (Wildman–Crippen LogP) is 4.24. The third-order valence-corrected chi connectivity index (χ3v) is 2.54. The smallest absolute Gasteiger partial charge is 0.406 e. The van der Waals surface area contributed by atoms with Crippen LogP contribution in [0.3, 0.4) is 0 Å². The molecule has 2 rings (SSSR count).